The molecule has 0 saturated carbocycles. The maximum atomic E-state index is 12.4. The Morgan fingerprint density at radius 3 is 2.50 bits per heavy atom. The molecular formula is C21H27N7O3S. The van der Waals surface area contributed by atoms with Gasteiger partial charge in [0.15, 0.2) is 5.82 Å². The second-order valence-corrected chi connectivity index (χ2v) is 9.97. The van der Waals surface area contributed by atoms with Crippen molar-refractivity contribution in [1.29, 1.82) is 0 Å². The molecule has 11 heteroatoms. The number of hydrogen-bond donors (Lipinski definition) is 0. The Morgan fingerprint density at radius 2 is 1.78 bits per heavy atom. The highest BCUT2D eigenvalue weighted by Crippen LogP contribution is 2.37. The third-order valence-corrected chi connectivity index (χ3v) is 6.65. The molecule has 2 fully saturated rings. The van der Waals surface area contributed by atoms with Gasteiger partial charge >= 0.3 is 6.09 Å². The van der Waals surface area contributed by atoms with Gasteiger partial charge in [-0.15, -0.1) is 21.5 Å². The van der Waals surface area contributed by atoms with E-state index < -0.39 is 5.60 Å². The largest absolute Gasteiger partial charge is 0.444 e. The van der Waals surface area contributed by atoms with Crippen LogP contribution in [0.1, 0.15) is 20.8 Å². The van der Waals surface area contributed by atoms with E-state index in [-0.39, 0.29) is 6.09 Å². The smallest absolute Gasteiger partial charge is 0.410 e. The quantitative estimate of drug-likeness (QED) is 0.575. The standard InChI is InChI=1S/C21H27N7O3S/c1-21(2,3)31-20(29)28-8-6-27(7-9-28)18-17-16(23-25-24-18)14-4-5-15(22-19(14)32-17)26-10-12-30-13-11-26/h4-5H,6-13H2,1-3H3. The number of pyridine rings is 1. The number of morpholine rings is 1. The summed E-state index contributed by atoms with van der Waals surface area (Å²) in [4.78, 5) is 24.4. The molecule has 2 aliphatic heterocycles. The van der Waals surface area contributed by atoms with Gasteiger partial charge < -0.3 is 24.2 Å². The Hall–Kier alpha value is -2.79. The number of fused-ring (bicyclic) bond motifs is 3. The minimum absolute atomic E-state index is 0.273. The van der Waals surface area contributed by atoms with Crippen LogP contribution < -0.4 is 9.80 Å². The van der Waals surface area contributed by atoms with Crippen LogP contribution in [-0.4, -0.2) is 89.5 Å². The number of thiophene rings is 1. The fraction of sp³-hybridized carbons (Fsp3) is 0.571. The van der Waals surface area contributed by atoms with Crippen LogP contribution in [0.3, 0.4) is 0 Å². The van der Waals surface area contributed by atoms with Gasteiger partial charge in [-0.1, -0.05) is 0 Å². The average Bonchev–Trinajstić information content (AvgIpc) is 3.16. The molecule has 5 heterocycles. The lowest BCUT2D eigenvalue weighted by molar-refractivity contribution is 0.0240. The molecule has 2 aliphatic rings. The van der Waals surface area contributed by atoms with E-state index in [1.807, 2.05) is 26.8 Å². The van der Waals surface area contributed by atoms with Crippen molar-refractivity contribution in [3.63, 3.8) is 0 Å². The van der Waals surface area contributed by atoms with Crippen LogP contribution >= 0.6 is 11.3 Å². The summed E-state index contributed by atoms with van der Waals surface area (Å²) in [7, 11) is 0. The van der Waals surface area contributed by atoms with Crippen molar-refractivity contribution < 1.29 is 14.3 Å². The second kappa shape index (κ2) is 8.28. The fourth-order valence-corrected chi connectivity index (χ4v) is 5.08. The van der Waals surface area contributed by atoms with E-state index in [9.17, 15) is 4.79 Å². The van der Waals surface area contributed by atoms with Crippen LogP contribution in [0.2, 0.25) is 0 Å². The molecule has 0 aromatic carbocycles. The van der Waals surface area contributed by atoms with E-state index in [2.05, 4.69) is 31.3 Å². The van der Waals surface area contributed by atoms with Gasteiger partial charge in [0.1, 0.15) is 26.5 Å². The van der Waals surface area contributed by atoms with Gasteiger partial charge in [-0.05, 0) is 38.1 Å². The molecule has 3 aromatic heterocycles. The molecule has 32 heavy (non-hydrogen) atoms. The molecule has 0 atom stereocenters. The van der Waals surface area contributed by atoms with E-state index in [0.717, 1.165) is 58.4 Å². The lowest BCUT2D eigenvalue weighted by Crippen LogP contribution is -2.50. The summed E-state index contributed by atoms with van der Waals surface area (Å²) in [6.07, 6.45) is -0.273. The monoisotopic (exact) mass is 457 g/mol. The van der Waals surface area contributed by atoms with Gasteiger partial charge in [0, 0.05) is 44.7 Å². The number of nitrogens with zero attached hydrogens (tertiary/aromatic N) is 7. The van der Waals surface area contributed by atoms with Crippen LogP contribution in [0.4, 0.5) is 16.4 Å². The first-order valence-electron chi connectivity index (χ1n) is 10.9. The molecule has 1 amide bonds. The van der Waals surface area contributed by atoms with Crippen molar-refractivity contribution in [2.75, 3.05) is 62.3 Å². The van der Waals surface area contributed by atoms with Gasteiger partial charge in [0.2, 0.25) is 0 Å². The van der Waals surface area contributed by atoms with Crippen molar-refractivity contribution in [1.82, 2.24) is 25.3 Å². The topological polar surface area (TPSA) is 96.8 Å². The predicted molar refractivity (Wildman–Crippen MR) is 124 cm³/mol. The van der Waals surface area contributed by atoms with Crippen LogP contribution in [0.25, 0.3) is 20.4 Å². The number of hydrogen-bond acceptors (Lipinski definition) is 10. The van der Waals surface area contributed by atoms with Crippen LogP contribution in [0.5, 0.6) is 0 Å². The second-order valence-electron chi connectivity index (χ2n) is 8.97. The Labute approximate surface area is 190 Å². The first-order chi connectivity index (χ1) is 15.4. The number of ether oxygens (including phenoxy) is 2. The molecule has 0 radical (unpaired) electrons. The maximum Gasteiger partial charge on any atom is 0.410 e. The van der Waals surface area contributed by atoms with E-state index in [4.69, 9.17) is 14.5 Å². The van der Waals surface area contributed by atoms with E-state index in [1.54, 1.807) is 16.2 Å². The maximum absolute atomic E-state index is 12.4. The van der Waals surface area contributed by atoms with Crippen molar-refractivity contribution in [3.05, 3.63) is 12.1 Å². The van der Waals surface area contributed by atoms with Gasteiger partial charge in [-0.3, -0.25) is 0 Å². The molecule has 0 aliphatic carbocycles. The zero-order valence-electron chi connectivity index (χ0n) is 18.6. The van der Waals surface area contributed by atoms with Gasteiger partial charge in [0.25, 0.3) is 0 Å². The zero-order valence-corrected chi connectivity index (χ0v) is 19.4. The Kier molecular flexibility index (Phi) is 5.46. The minimum Gasteiger partial charge on any atom is -0.444 e. The molecule has 10 nitrogen and oxygen atoms in total. The lowest BCUT2D eigenvalue weighted by Gasteiger charge is -2.35. The molecule has 0 N–H and O–H groups in total. The van der Waals surface area contributed by atoms with E-state index in [0.29, 0.717) is 26.2 Å². The molecule has 170 valence electrons. The number of piperazine rings is 1. The molecule has 3 aromatic rings. The van der Waals surface area contributed by atoms with E-state index in [1.165, 1.54) is 0 Å². The molecule has 5 rings (SSSR count). The summed E-state index contributed by atoms with van der Waals surface area (Å²) in [5.41, 5.74) is 0.326. The summed E-state index contributed by atoms with van der Waals surface area (Å²) in [6, 6.07) is 4.12. The first kappa shape index (κ1) is 21.1. The highest BCUT2D eigenvalue weighted by molar-refractivity contribution is 7.25. The number of carbonyl (C=O) groups excluding carboxylic acids is 1. The Balaban J connectivity index is 1.38. The van der Waals surface area contributed by atoms with Crippen molar-refractivity contribution >= 4 is 49.5 Å². The molecule has 0 unspecified atom stereocenters. The third kappa shape index (κ3) is 4.14. The number of anilines is 2. The van der Waals surface area contributed by atoms with Crippen LogP contribution in [-0.2, 0) is 9.47 Å². The molecule has 2 saturated heterocycles. The Morgan fingerprint density at radius 1 is 1.03 bits per heavy atom. The Bertz CT molecular complexity index is 1130. The number of amides is 1. The zero-order chi connectivity index (χ0) is 22.3. The van der Waals surface area contributed by atoms with Gasteiger partial charge in [-0.2, -0.15) is 0 Å². The highest BCUT2D eigenvalue weighted by atomic mass is 32.1. The number of aromatic nitrogens is 4. The normalized spacial score (nSPS) is 17.9. The van der Waals surface area contributed by atoms with Crippen molar-refractivity contribution in [3.8, 4) is 0 Å². The van der Waals surface area contributed by atoms with Gasteiger partial charge in [0.05, 0.1) is 13.2 Å². The number of carbonyl (C=O) groups is 1. The van der Waals surface area contributed by atoms with Crippen LogP contribution in [0, 0.1) is 0 Å². The van der Waals surface area contributed by atoms with Crippen molar-refractivity contribution in [2.24, 2.45) is 0 Å². The lowest BCUT2D eigenvalue weighted by atomic mass is 10.2. The fourth-order valence-electron chi connectivity index (χ4n) is 3.96. The highest BCUT2D eigenvalue weighted by Gasteiger charge is 2.28. The minimum atomic E-state index is -0.499. The molecule has 0 bridgehead atoms. The SMILES string of the molecule is CC(C)(C)OC(=O)N1CCN(c2nnnc3c2sc2nc(N4CCOCC4)ccc23)CC1. The van der Waals surface area contributed by atoms with Crippen molar-refractivity contribution in [2.45, 2.75) is 26.4 Å². The summed E-state index contributed by atoms with van der Waals surface area (Å²) in [5.74, 6) is 1.76. The number of rotatable bonds is 2. The average molecular weight is 458 g/mol. The van der Waals surface area contributed by atoms with Crippen LogP contribution in [0.15, 0.2) is 12.1 Å². The summed E-state index contributed by atoms with van der Waals surface area (Å²) < 4.78 is 11.9. The third-order valence-electron chi connectivity index (χ3n) is 5.57. The summed E-state index contributed by atoms with van der Waals surface area (Å²) in [6.45, 7) is 11.2. The first-order valence-corrected chi connectivity index (χ1v) is 11.7. The summed E-state index contributed by atoms with van der Waals surface area (Å²) in [5, 5.41) is 13.7. The molecular weight excluding hydrogens is 430 g/mol. The summed E-state index contributed by atoms with van der Waals surface area (Å²) >= 11 is 1.59. The van der Waals surface area contributed by atoms with E-state index >= 15 is 0 Å². The molecule has 0 spiro atoms. The predicted octanol–water partition coefficient (Wildman–Crippen LogP) is 2.53. The van der Waals surface area contributed by atoms with Gasteiger partial charge in [-0.25, -0.2) is 9.78 Å².